The molecule has 2 aliphatic heterocycles. The molecule has 0 bridgehead atoms. The highest BCUT2D eigenvalue weighted by Crippen LogP contribution is 2.47. The van der Waals surface area contributed by atoms with Gasteiger partial charge < -0.3 is 14.4 Å². The third kappa shape index (κ3) is 5.58. The maximum Gasteiger partial charge on any atom is 0.411 e. The third-order valence-electron chi connectivity index (χ3n) is 6.82. The standard InChI is InChI=1S/C32H32N2O5/c1-32(2,3)39-26(35)21-33-25(20-19-22-13-7-4-8-14-22)28(30(33)36)34-27(23-15-9-5-10-16-23)29(38-31(34)37)24-17-11-6-12-18-24/h4-20,25,27-29H,21H2,1-3H3/b20-19+/t25-,27+,28?,29-/m1/s1. The first-order chi connectivity index (χ1) is 18.7. The van der Waals surface area contributed by atoms with Gasteiger partial charge in [0, 0.05) is 0 Å². The van der Waals surface area contributed by atoms with Crippen LogP contribution < -0.4 is 0 Å². The lowest BCUT2D eigenvalue weighted by atomic mass is 9.88. The Hall–Kier alpha value is -4.39. The van der Waals surface area contributed by atoms with E-state index in [0.717, 1.165) is 16.7 Å². The topological polar surface area (TPSA) is 76.2 Å². The van der Waals surface area contributed by atoms with E-state index in [1.54, 1.807) is 25.7 Å². The number of carbonyl (C=O) groups excluding carboxylic acids is 3. The number of β-lactam (4-membered cyclic amide) rings is 1. The largest absolute Gasteiger partial charge is 0.459 e. The summed E-state index contributed by atoms with van der Waals surface area (Å²) >= 11 is 0. The molecule has 2 fully saturated rings. The molecular weight excluding hydrogens is 492 g/mol. The van der Waals surface area contributed by atoms with Gasteiger partial charge in [-0.3, -0.25) is 14.5 Å². The number of hydrogen-bond acceptors (Lipinski definition) is 5. The third-order valence-corrected chi connectivity index (χ3v) is 6.82. The first kappa shape index (κ1) is 26.2. The van der Waals surface area contributed by atoms with Gasteiger partial charge in [0.15, 0.2) is 6.10 Å². The van der Waals surface area contributed by atoms with Crippen LogP contribution in [0.1, 0.15) is 49.6 Å². The summed E-state index contributed by atoms with van der Waals surface area (Å²) in [6.07, 6.45) is 2.62. The molecule has 0 aromatic heterocycles. The van der Waals surface area contributed by atoms with Gasteiger partial charge in [-0.1, -0.05) is 103 Å². The number of likely N-dealkylation sites (tertiary alicyclic amines) is 1. The summed E-state index contributed by atoms with van der Waals surface area (Å²) in [4.78, 5) is 42.8. The molecule has 4 atom stereocenters. The van der Waals surface area contributed by atoms with E-state index in [0.29, 0.717) is 0 Å². The van der Waals surface area contributed by atoms with Crippen molar-refractivity contribution in [2.75, 3.05) is 6.54 Å². The van der Waals surface area contributed by atoms with Crippen molar-refractivity contribution >= 4 is 24.0 Å². The smallest absolute Gasteiger partial charge is 0.411 e. The number of esters is 1. The number of carbonyl (C=O) groups is 3. The fourth-order valence-corrected chi connectivity index (χ4v) is 5.17. The van der Waals surface area contributed by atoms with E-state index < -0.39 is 41.9 Å². The van der Waals surface area contributed by atoms with E-state index in [4.69, 9.17) is 9.47 Å². The van der Waals surface area contributed by atoms with Gasteiger partial charge >= 0.3 is 12.1 Å². The molecule has 0 N–H and O–H groups in total. The second-order valence-electron chi connectivity index (χ2n) is 10.7. The van der Waals surface area contributed by atoms with Crippen molar-refractivity contribution in [3.05, 3.63) is 114 Å². The van der Waals surface area contributed by atoms with Gasteiger partial charge in [0.1, 0.15) is 24.2 Å². The van der Waals surface area contributed by atoms with Crippen LogP contribution >= 0.6 is 0 Å². The molecule has 39 heavy (non-hydrogen) atoms. The van der Waals surface area contributed by atoms with Gasteiger partial charge in [-0.2, -0.15) is 0 Å². The summed E-state index contributed by atoms with van der Waals surface area (Å²) in [5.74, 6) is -0.826. The number of ether oxygens (including phenoxy) is 2. The van der Waals surface area contributed by atoms with Crippen LogP contribution in [-0.2, 0) is 19.1 Å². The molecule has 1 unspecified atom stereocenters. The van der Waals surface area contributed by atoms with E-state index in [1.807, 2.05) is 103 Å². The van der Waals surface area contributed by atoms with E-state index in [-0.39, 0.29) is 12.5 Å². The van der Waals surface area contributed by atoms with Crippen molar-refractivity contribution in [2.24, 2.45) is 0 Å². The lowest BCUT2D eigenvalue weighted by Crippen LogP contribution is -2.71. The zero-order valence-corrected chi connectivity index (χ0v) is 22.3. The molecule has 7 nitrogen and oxygen atoms in total. The van der Waals surface area contributed by atoms with Gasteiger partial charge in [-0.15, -0.1) is 0 Å². The monoisotopic (exact) mass is 524 g/mol. The van der Waals surface area contributed by atoms with E-state index >= 15 is 0 Å². The Labute approximate surface area is 228 Å². The summed E-state index contributed by atoms with van der Waals surface area (Å²) in [5.41, 5.74) is 1.97. The van der Waals surface area contributed by atoms with Gasteiger partial charge in [-0.05, 0) is 37.5 Å². The molecule has 3 aromatic carbocycles. The fraction of sp³-hybridized carbons (Fsp3) is 0.281. The number of benzene rings is 3. The Morgan fingerprint density at radius 1 is 0.846 bits per heavy atom. The Morgan fingerprint density at radius 3 is 2.00 bits per heavy atom. The average Bonchev–Trinajstić information content (AvgIpc) is 3.26. The van der Waals surface area contributed by atoms with Crippen LogP contribution in [0.25, 0.3) is 6.08 Å². The van der Waals surface area contributed by atoms with Crippen molar-refractivity contribution in [1.29, 1.82) is 0 Å². The van der Waals surface area contributed by atoms with Crippen LogP contribution in [0.2, 0.25) is 0 Å². The van der Waals surface area contributed by atoms with Gasteiger partial charge in [0.25, 0.3) is 0 Å². The Kier molecular flexibility index (Phi) is 7.24. The molecule has 2 heterocycles. The number of amides is 2. The highest BCUT2D eigenvalue weighted by Gasteiger charge is 2.58. The second kappa shape index (κ2) is 10.8. The Balaban J connectivity index is 1.51. The summed E-state index contributed by atoms with van der Waals surface area (Å²) in [5, 5.41) is 0. The van der Waals surface area contributed by atoms with Crippen molar-refractivity contribution in [3.8, 4) is 0 Å². The van der Waals surface area contributed by atoms with Crippen LogP contribution in [0.5, 0.6) is 0 Å². The predicted molar refractivity (Wildman–Crippen MR) is 147 cm³/mol. The quantitative estimate of drug-likeness (QED) is 0.299. The van der Waals surface area contributed by atoms with Gasteiger partial charge in [0.2, 0.25) is 5.91 Å². The van der Waals surface area contributed by atoms with Crippen LogP contribution in [-0.4, -0.2) is 52.0 Å². The summed E-state index contributed by atoms with van der Waals surface area (Å²) in [7, 11) is 0. The van der Waals surface area contributed by atoms with Crippen LogP contribution in [0, 0.1) is 0 Å². The molecule has 0 spiro atoms. The molecule has 3 aromatic rings. The normalized spacial score (nSPS) is 23.1. The number of nitrogens with zero attached hydrogens (tertiary/aromatic N) is 2. The molecule has 2 aliphatic rings. The minimum Gasteiger partial charge on any atom is -0.459 e. The lowest BCUT2D eigenvalue weighted by Gasteiger charge is -2.49. The second-order valence-corrected chi connectivity index (χ2v) is 10.7. The minimum absolute atomic E-state index is 0.211. The van der Waals surface area contributed by atoms with Crippen molar-refractivity contribution in [2.45, 2.75) is 50.6 Å². The molecule has 2 amide bonds. The maximum absolute atomic E-state index is 13.7. The summed E-state index contributed by atoms with van der Waals surface area (Å²) < 4.78 is 11.4. The zero-order valence-electron chi connectivity index (χ0n) is 22.3. The molecule has 7 heteroatoms. The van der Waals surface area contributed by atoms with Gasteiger partial charge in [-0.25, -0.2) is 4.79 Å². The Bertz CT molecular complexity index is 1350. The molecule has 0 radical (unpaired) electrons. The SMILES string of the molecule is CC(C)(C)OC(=O)CN1C(=O)C(N2C(=O)O[C@H](c3ccccc3)[C@@H]2c2ccccc2)[C@H]1/C=C/c1ccccc1. The van der Waals surface area contributed by atoms with Crippen molar-refractivity contribution < 1.29 is 23.9 Å². The predicted octanol–water partition coefficient (Wildman–Crippen LogP) is 5.56. The number of hydrogen-bond donors (Lipinski definition) is 0. The molecule has 2 saturated heterocycles. The maximum atomic E-state index is 13.7. The van der Waals surface area contributed by atoms with Crippen molar-refractivity contribution in [1.82, 2.24) is 9.80 Å². The summed E-state index contributed by atoms with van der Waals surface area (Å²) in [6.45, 7) is 5.14. The van der Waals surface area contributed by atoms with E-state index in [2.05, 4.69) is 0 Å². The van der Waals surface area contributed by atoms with Crippen LogP contribution in [0.4, 0.5) is 4.79 Å². The first-order valence-electron chi connectivity index (χ1n) is 13.1. The lowest BCUT2D eigenvalue weighted by molar-refractivity contribution is -0.168. The summed E-state index contributed by atoms with van der Waals surface area (Å²) in [6, 6.07) is 26.9. The van der Waals surface area contributed by atoms with Crippen LogP contribution in [0.3, 0.4) is 0 Å². The number of cyclic esters (lactones) is 1. The molecule has 0 aliphatic carbocycles. The fourth-order valence-electron chi connectivity index (χ4n) is 5.17. The highest BCUT2D eigenvalue weighted by molar-refractivity contribution is 5.96. The van der Waals surface area contributed by atoms with E-state index in [1.165, 1.54) is 4.90 Å². The average molecular weight is 525 g/mol. The molecule has 5 rings (SSSR count). The van der Waals surface area contributed by atoms with Gasteiger partial charge in [0.05, 0.1) is 6.04 Å². The van der Waals surface area contributed by atoms with Crippen molar-refractivity contribution in [3.63, 3.8) is 0 Å². The number of rotatable bonds is 7. The first-order valence-corrected chi connectivity index (χ1v) is 13.1. The molecule has 0 saturated carbocycles. The van der Waals surface area contributed by atoms with Crippen LogP contribution in [0.15, 0.2) is 97.1 Å². The molecular formula is C32H32N2O5. The Morgan fingerprint density at radius 2 is 1.41 bits per heavy atom. The van der Waals surface area contributed by atoms with E-state index in [9.17, 15) is 14.4 Å². The molecule has 200 valence electrons. The minimum atomic E-state index is -0.834. The zero-order chi connectivity index (χ0) is 27.6. The highest BCUT2D eigenvalue weighted by atomic mass is 16.6.